The van der Waals surface area contributed by atoms with E-state index in [0.717, 1.165) is 28.1 Å². The SMILES string of the molecule is Cc1ccccc1/C=C1\Sc2ccc(C(=O)N[C@@H]3CCCC[C@@H]3C)cc2N(C)C1=O. The molecular formula is C25H28N2O2S. The van der Waals surface area contributed by atoms with Crippen molar-refractivity contribution in [3.05, 3.63) is 64.1 Å². The first-order chi connectivity index (χ1) is 14.4. The Morgan fingerprint density at radius 2 is 1.93 bits per heavy atom. The first kappa shape index (κ1) is 20.7. The van der Waals surface area contributed by atoms with Crippen LogP contribution in [0, 0.1) is 12.8 Å². The predicted octanol–water partition coefficient (Wildman–Crippen LogP) is 5.41. The van der Waals surface area contributed by atoms with Crippen molar-refractivity contribution in [3.8, 4) is 0 Å². The van der Waals surface area contributed by atoms with E-state index in [1.54, 1.807) is 11.9 Å². The highest BCUT2D eigenvalue weighted by molar-refractivity contribution is 8.04. The first-order valence-corrected chi connectivity index (χ1v) is 11.4. The van der Waals surface area contributed by atoms with E-state index in [9.17, 15) is 9.59 Å². The van der Waals surface area contributed by atoms with Crippen LogP contribution in [0.1, 0.15) is 54.1 Å². The zero-order chi connectivity index (χ0) is 21.3. The molecule has 0 bridgehead atoms. The highest BCUT2D eigenvalue weighted by Gasteiger charge is 2.28. The van der Waals surface area contributed by atoms with Gasteiger partial charge in [-0.15, -0.1) is 0 Å². The molecule has 2 aliphatic rings. The van der Waals surface area contributed by atoms with Crippen LogP contribution in [0.5, 0.6) is 0 Å². The summed E-state index contributed by atoms with van der Waals surface area (Å²) in [6, 6.07) is 13.9. The van der Waals surface area contributed by atoms with Crippen molar-refractivity contribution in [2.45, 2.75) is 50.5 Å². The largest absolute Gasteiger partial charge is 0.349 e. The van der Waals surface area contributed by atoms with E-state index in [-0.39, 0.29) is 17.9 Å². The zero-order valence-electron chi connectivity index (χ0n) is 17.8. The van der Waals surface area contributed by atoms with Crippen LogP contribution >= 0.6 is 11.8 Å². The first-order valence-electron chi connectivity index (χ1n) is 10.6. The maximum Gasteiger partial charge on any atom is 0.264 e. The van der Waals surface area contributed by atoms with E-state index in [1.165, 1.54) is 31.0 Å². The molecule has 1 fully saturated rings. The van der Waals surface area contributed by atoms with Crippen LogP contribution in [-0.4, -0.2) is 24.9 Å². The van der Waals surface area contributed by atoms with Gasteiger partial charge in [0.05, 0.1) is 10.6 Å². The van der Waals surface area contributed by atoms with Gasteiger partial charge < -0.3 is 10.2 Å². The van der Waals surface area contributed by atoms with Crippen molar-refractivity contribution in [2.75, 3.05) is 11.9 Å². The van der Waals surface area contributed by atoms with E-state index < -0.39 is 0 Å². The molecule has 1 saturated carbocycles. The number of amides is 2. The Labute approximate surface area is 182 Å². The number of thioether (sulfide) groups is 1. The maximum absolute atomic E-state index is 13.0. The number of likely N-dealkylation sites (N-methyl/N-ethyl adjacent to an activating group) is 1. The molecule has 4 rings (SSSR count). The second-order valence-electron chi connectivity index (χ2n) is 8.36. The summed E-state index contributed by atoms with van der Waals surface area (Å²) in [6.07, 6.45) is 6.57. The smallest absolute Gasteiger partial charge is 0.264 e. The number of hydrogen-bond donors (Lipinski definition) is 1. The van der Waals surface area contributed by atoms with Gasteiger partial charge in [-0.25, -0.2) is 0 Å². The van der Waals surface area contributed by atoms with Gasteiger partial charge in [0.2, 0.25) is 0 Å². The van der Waals surface area contributed by atoms with Gasteiger partial charge in [0.25, 0.3) is 11.8 Å². The Bertz CT molecular complexity index is 1010. The number of nitrogens with one attached hydrogen (secondary N) is 1. The quantitative estimate of drug-likeness (QED) is 0.675. The lowest BCUT2D eigenvalue weighted by Gasteiger charge is -2.30. The van der Waals surface area contributed by atoms with Crippen LogP contribution in [0.15, 0.2) is 52.3 Å². The minimum Gasteiger partial charge on any atom is -0.349 e. The third kappa shape index (κ3) is 4.17. The summed E-state index contributed by atoms with van der Waals surface area (Å²) in [5.41, 5.74) is 3.58. The summed E-state index contributed by atoms with van der Waals surface area (Å²) < 4.78 is 0. The van der Waals surface area contributed by atoms with Gasteiger partial charge in [0.1, 0.15) is 0 Å². The normalized spacial score (nSPS) is 22.7. The molecule has 1 aliphatic carbocycles. The molecule has 0 radical (unpaired) electrons. The summed E-state index contributed by atoms with van der Waals surface area (Å²) >= 11 is 1.47. The Morgan fingerprint density at radius 1 is 1.17 bits per heavy atom. The molecule has 1 N–H and O–H groups in total. The lowest BCUT2D eigenvalue weighted by molar-refractivity contribution is -0.114. The number of hydrogen-bond acceptors (Lipinski definition) is 3. The molecule has 0 saturated heterocycles. The zero-order valence-corrected chi connectivity index (χ0v) is 18.6. The van der Waals surface area contributed by atoms with Crippen molar-refractivity contribution < 1.29 is 9.59 Å². The van der Waals surface area contributed by atoms with E-state index in [4.69, 9.17) is 0 Å². The highest BCUT2D eigenvalue weighted by atomic mass is 32.2. The Balaban J connectivity index is 1.57. The van der Waals surface area contributed by atoms with E-state index in [2.05, 4.69) is 12.2 Å². The topological polar surface area (TPSA) is 49.4 Å². The van der Waals surface area contributed by atoms with Crippen molar-refractivity contribution in [2.24, 2.45) is 5.92 Å². The third-order valence-electron chi connectivity index (χ3n) is 6.22. The molecule has 156 valence electrons. The highest BCUT2D eigenvalue weighted by Crippen LogP contribution is 2.42. The minimum absolute atomic E-state index is 0.0470. The minimum atomic E-state index is -0.0522. The van der Waals surface area contributed by atoms with E-state index in [0.29, 0.717) is 16.4 Å². The van der Waals surface area contributed by atoms with Crippen LogP contribution in [0.4, 0.5) is 5.69 Å². The lowest BCUT2D eigenvalue weighted by Crippen LogP contribution is -2.41. The molecule has 0 aromatic heterocycles. The van der Waals surface area contributed by atoms with Crippen LogP contribution in [0.25, 0.3) is 6.08 Å². The number of aryl methyl sites for hydroxylation is 1. The molecule has 1 heterocycles. The van der Waals surface area contributed by atoms with Gasteiger partial charge in [-0.2, -0.15) is 0 Å². The second kappa shape index (κ2) is 8.68. The number of fused-ring (bicyclic) bond motifs is 1. The van der Waals surface area contributed by atoms with E-state index >= 15 is 0 Å². The summed E-state index contributed by atoms with van der Waals surface area (Å²) in [7, 11) is 1.78. The molecule has 5 heteroatoms. The Hall–Kier alpha value is -2.53. The van der Waals surface area contributed by atoms with Crippen molar-refractivity contribution in [1.82, 2.24) is 5.32 Å². The fraction of sp³-hybridized carbons (Fsp3) is 0.360. The number of rotatable bonds is 3. The standard InChI is InChI=1S/C25H28N2O2S/c1-16-8-4-6-10-18(16)15-23-25(29)27(3)21-14-19(12-13-22(21)30-23)24(28)26-20-11-7-5-9-17(20)2/h4,6,8,10,12-15,17,20H,5,7,9,11H2,1-3H3,(H,26,28)/b23-15-/t17-,20+/m0/s1. The molecule has 2 amide bonds. The fourth-order valence-corrected chi connectivity index (χ4v) is 5.29. The predicted molar refractivity (Wildman–Crippen MR) is 124 cm³/mol. The van der Waals surface area contributed by atoms with Gasteiger partial charge in [-0.3, -0.25) is 9.59 Å². The Kier molecular flexibility index (Phi) is 6.00. The van der Waals surface area contributed by atoms with Crippen molar-refractivity contribution in [1.29, 1.82) is 0 Å². The van der Waals surface area contributed by atoms with Crippen molar-refractivity contribution >= 4 is 35.3 Å². The summed E-state index contributed by atoms with van der Waals surface area (Å²) in [4.78, 5) is 29.1. The van der Waals surface area contributed by atoms with Gasteiger partial charge in [-0.1, -0.05) is 55.8 Å². The van der Waals surface area contributed by atoms with Gasteiger partial charge in [0, 0.05) is 23.5 Å². The van der Waals surface area contributed by atoms with Crippen LogP contribution in [-0.2, 0) is 4.79 Å². The van der Waals surface area contributed by atoms with Crippen LogP contribution in [0.2, 0.25) is 0 Å². The fourth-order valence-electron chi connectivity index (χ4n) is 4.21. The summed E-state index contributed by atoms with van der Waals surface area (Å²) in [5, 5.41) is 3.20. The van der Waals surface area contributed by atoms with E-state index in [1.807, 2.05) is 55.5 Å². The monoisotopic (exact) mass is 420 g/mol. The molecule has 4 nitrogen and oxygen atoms in total. The molecular weight excluding hydrogens is 392 g/mol. The van der Waals surface area contributed by atoms with Crippen molar-refractivity contribution in [3.63, 3.8) is 0 Å². The van der Waals surface area contributed by atoms with Crippen LogP contribution in [0.3, 0.4) is 0 Å². The molecule has 0 spiro atoms. The third-order valence-corrected chi connectivity index (χ3v) is 7.30. The molecule has 2 aromatic carbocycles. The van der Waals surface area contributed by atoms with Gasteiger partial charge in [-0.05, 0) is 61.1 Å². The van der Waals surface area contributed by atoms with Gasteiger partial charge in [0.15, 0.2) is 0 Å². The van der Waals surface area contributed by atoms with Gasteiger partial charge >= 0.3 is 0 Å². The molecule has 30 heavy (non-hydrogen) atoms. The summed E-state index contributed by atoms with van der Waals surface area (Å²) in [6.45, 7) is 4.25. The Morgan fingerprint density at radius 3 is 2.70 bits per heavy atom. The summed E-state index contributed by atoms with van der Waals surface area (Å²) in [5.74, 6) is 0.409. The average Bonchev–Trinajstić information content (AvgIpc) is 2.74. The maximum atomic E-state index is 13.0. The number of anilines is 1. The molecule has 2 aromatic rings. The number of carbonyl (C=O) groups is 2. The second-order valence-corrected chi connectivity index (χ2v) is 9.44. The number of nitrogens with zero attached hydrogens (tertiary/aromatic N) is 1. The van der Waals surface area contributed by atoms with Crippen LogP contribution < -0.4 is 10.2 Å². The average molecular weight is 421 g/mol. The molecule has 2 atom stereocenters. The number of benzene rings is 2. The number of carbonyl (C=O) groups excluding carboxylic acids is 2. The molecule has 1 aliphatic heterocycles. The lowest BCUT2D eigenvalue weighted by atomic mass is 9.86. The molecule has 0 unspecified atom stereocenters.